The molecule has 0 aliphatic carbocycles. The van der Waals surface area contributed by atoms with Crippen LogP contribution in [-0.4, -0.2) is 37.8 Å². The molecule has 138 valence electrons. The molecule has 0 spiro atoms. The number of aryl methyl sites for hydroxylation is 1. The number of hydrogen-bond acceptors (Lipinski definition) is 4. The van der Waals surface area contributed by atoms with Crippen molar-refractivity contribution in [2.75, 3.05) is 18.8 Å². The summed E-state index contributed by atoms with van der Waals surface area (Å²) in [4.78, 5) is 12.6. The molecule has 0 aromatic heterocycles. The van der Waals surface area contributed by atoms with E-state index in [1.165, 1.54) is 4.31 Å². The summed E-state index contributed by atoms with van der Waals surface area (Å²) in [5.41, 5.74) is 7.78. The fraction of sp³-hybridized carbons (Fsp3) is 0.316. The zero-order valence-corrected chi connectivity index (χ0v) is 15.5. The maximum atomic E-state index is 12.7. The quantitative estimate of drug-likeness (QED) is 0.803. The number of nitrogens with zero attached hydrogens (tertiary/aromatic N) is 1. The molecule has 1 heterocycles. The van der Waals surface area contributed by atoms with Crippen LogP contribution < -0.4 is 11.1 Å². The number of nitrogens with one attached hydrogen (secondary N) is 1. The Balaban J connectivity index is 1.60. The molecule has 3 N–H and O–H groups in total. The van der Waals surface area contributed by atoms with Crippen molar-refractivity contribution < 1.29 is 13.2 Å². The van der Waals surface area contributed by atoms with Gasteiger partial charge in [-0.3, -0.25) is 4.79 Å². The standard InChI is InChI=1S/C19H23N3O3S/c1-14-5-7-18(8-6-14)26(24,25)22-11-9-17(10-12-22)21-19(23)15-3-2-4-16(20)13-15/h2-8,13,17H,9-12,20H2,1H3,(H,21,23). The molecule has 0 radical (unpaired) electrons. The van der Waals surface area contributed by atoms with Crippen molar-refractivity contribution in [3.63, 3.8) is 0 Å². The lowest BCUT2D eigenvalue weighted by molar-refractivity contribution is 0.0924. The van der Waals surface area contributed by atoms with Gasteiger partial charge in [0.15, 0.2) is 0 Å². The first kappa shape index (κ1) is 18.4. The van der Waals surface area contributed by atoms with Crippen molar-refractivity contribution >= 4 is 21.6 Å². The number of piperidine rings is 1. The third-order valence-corrected chi connectivity index (χ3v) is 6.51. The van der Waals surface area contributed by atoms with E-state index in [1.807, 2.05) is 6.92 Å². The highest BCUT2D eigenvalue weighted by molar-refractivity contribution is 7.89. The summed E-state index contributed by atoms with van der Waals surface area (Å²) < 4.78 is 26.9. The first-order valence-electron chi connectivity index (χ1n) is 8.59. The fourth-order valence-electron chi connectivity index (χ4n) is 3.05. The van der Waals surface area contributed by atoms with Crippen LogP contribution in [-0.2, 0) is 10.0 Å². The van der Waals surface area contributed by atoms with Crippen LogP contribution >= 0.6 is 0 Å². The highest BCUT2D eigenvalue weighted by Gasteiger charge is 2.30. The van der Waals surface area contributed by atoms with Crippen LogP contribution in [0.3, 0.4) is 0 Å². The molecule has 0 unspecified atom stereocenters. The van der Waals surface area contributed by atoms with Crippen molar-refractivity contribution in [1.82, 2.24) is 9.62 Å². The topological polar surface area (TPSA) is 92.5 Å². The van der Waals surface area contributed by atoms with E-state index in [-0.39, 0.29) is 11.9 Å². The van der Waals surface area contributed by atoms with E-state index in [1.54, 1.807) is 48.5 Å². The predicted molar refractivity (Wildman–Crippen MR) is 101 cm³/mol. The number of sulfonamides is 1. The first-order chi connectivity index (χ1) is 12.4. The Bertz CT molecular complexity index is 887. The average Bonchev–Trinajstić information content (AvgIpc) is 2.62. The summed E-state index contributed by atoms with van der Waals surface area (Å²) in [7, 11) is -3.48. The van der Waals surface area contributed by atoms with Crippen LogP contribution in [0.15, 0.2) is 53.4 Å². The minimum Gasteiger partial charge on any atom is -0.399 e. The minimum absolute atomic E-state index is 0.0478. The number of benzene rings is 2. The van der Waals surface area contributed by atoms with Crippen LogP contribution in [0.2, 0.25) is 0 Å². The van der Waals surface area contributed by atoms with Gasteiger partial charge in [0.05, 0.1) is 4.90 Å². The fourth-order valence-corrected chi connectivity index (χ4v) is 4.52. The Kier molecular flexibility index (Phi) is 5.29. The second-order valence-electron chi connectivity index (χ2n) is 6.59. The second kappa shape index (κ2) is 7.47. The van der Waals surface area contributed by atoms with Crippen molar-refractivity contribution in [3.05, 3.63) is 59.7 Å². The van der Waals surface area contributed by atoms with Crippen LogP contribution in [0.25, 0.3) is 0 Å². The molecular formula is C19H23N3O3S. The molecule has 2 aromatic carbocycles. The molecule has 0 atom stereocenters. The molecule has 7 heteroatoms. The molecule has 1 saturated heterocycles. The van der Waals surface area contributed by atoms with Crippen LogP contribution in [0.4, 0.5) is 5.69 Å². The van der Waals surface area contributed by atoms with Crippen molar-refractivity contribution in [2.24, 2.45) is 0 Å². The minimum atomic E-state index is -3.48. The van der Waals surface area contributed by atoms with Gasteiger partial charge in [0.1, 0.15) is 0 Å². The first-order valence-corrected chi connectivity index (χ1v) is 10.0. The lowest BCUT2D eigenvalue weighted by atomic mass is 10.1. The zero-order valence-electron chi connectivity index (χ0n) is 14.7. The van der Waals surface area contributed by atoms with Gasteiger partial charge < -0.3 is 11.1 Å². The van der Waals surface area contributed by atoms with Crippen molar-refractivity contribution in [2.45, 2.75) is 30.7 Å². The van der Waals surface area contributed by atoms with Gasteiger partial charge in [0.2, 0.25) is 10.0 Å². The predicted octanol–water partition coefficient (Wildman–Crippen LogP) is 2.16. The SMILES string of the molecule is Cc1ccc(S(=O)(=O)N2CCC(NC(=O)c3cccc(N)c3)CC2)cc1. The highest BCUT2D eigenvalue weighted by Crippen LogP contribution is 2.21. The average molecular weight is 373 g/mol. The van der Waals surface area contributed by atoms with Gasteiger partial charge in [-0.15, -0.1) is 0 Å². The molecule has 1 aliphatic rings. The van der Waals surface area contributed by atoms with Gasteiger partial charge in [-0.1, -0.05) is 23.8 Å². The van der Waals surface area contributed by atoms with Crippen LogP contribution in [0.5, 0.6) is 0 Å². The largest absolute Gasteiger partial charge is 0.399 e. The second-order valence-corrected chi connectivity index (χ2v) is 8.53. The number of hydrogen-bond donors (Lipinski definition) is 2. The number of nitrogens with two attached hydrogens (primary N) is 1. The lowest BCUT2D eigenvalue weighted by Crippen LogP contribution is -2.46. The van der Waals surface area contributed by atoms with E-state index in [0.717, 1.165) is 5.56 Å². The summed E-state index contributed by atoms with van der Waals surface area (Å²) in [6.45, 7) is 2.70. The lowest BCUT2D eigenvalue weighted by Gasteiger charge is -2.31. The van der Waals surface area contributed by atoms with Gasteiger partial charge in [0.25, 0.3) is 5.91 Å². The monoisotopic (exact) mass is 373 g/mol. The summed E-state index contributed by atoms with van der Waals surface area (Å²) in [5.74, 6) is -0.183. The smallest absolute Gasteiger partial charge is 0.251 e. The molecule has 0 saturated carbocycles. The highest BCUT2D eigenvalue weighted by atomic mass is 32.2. The molecule has 2 aromatic rings. The molecular weight excluding hydrogens is 350 g/mol. The number of carbonyl (C=O) groups excluding carboxylic acids is 1. The number of nitrogen functional groups attached to an aromatic ring is 1. The molecule has 1 aliphatic heterocycles. The Hall–Kier alpha value is -2.38. The molecule has 1 amide bonds. The molecule has 1 fully saturated rings. The van der Waals surface area contributed by atoms with E-state index in [2.05, 4.69) is 5.32 Å². The Morgan fingerprint density at radius 1 is 1.12 bits per heavy atom. The van der Waals surface area contributed by atoms with Gasteiger partial charge >= 0.3 is 0 Å². The van der Waals surface area contributed by atoms with Crippen molar-refractivity contribution in [1.29, 1.82) is 0 Å². The molecule has 26 heavy (non-hydrogen) atoms. The van der Waals surface area contributed by atoms with Crippen molar-refractivity contribution in [3.8, 4) is 0 Å². The van der Waals surface area contributed by atoms with E-state index in [0.29, 0.717) is 42.1 Å². The summed E-state index contributed by atoms with van der Waals surface area (Å²) in [6, 6.07) is 13.6. The van der Waals surface area contributed by atoms with Gasteiger partial charge in [-0.05, 0) is 50.1 Å². The van der Waals surface area contributed by atoms with Crippen LogP contribution in [0.1, 0.15) is 28.8 Å². The van der Waals surface area contributed by atoms with E-state index < -0.39 is 10.0 Å². The third kappa shape index (κ3) is 4.05. The summed E-state index contributed by atoms with van der Waals surface area (Å²) in [6.07, 6.45) is 1.16. The third-order valence-electron chi connectivity index (χ3n) is 4.60. The van der Waals surface area contributed by atoms with E-state index in [9.17, 15) is 13.2 Å². The van der Waals surface area contributed by atoms with E-state index >= 15 is 0 Å². The van der Waals surface area contributed by atoms with Gasteiger partial charge in [-0.25, -0.2) is 8.42 Å². The number of amides is 1. The molecule has 0 bridgehead atoms. The Morgan fingerprint density at radius 3 is 2.38 bits per heavy atom. The maximum Gasteiger partial charge on any atom is 0.251 e. The Morgan fingerprint density at radius 2 is 1.77 bits per heavy atom. The van der Waals surface area contributed by atoms with Crippen LogP contribution in [0, 0.1) is 6.92 Å². The summed E-state index contributed by atoms with van der Waals surface area (Å²) in [5, 5.41) is 2.97. The number of rotatable bonds is 4. The maximum absolute atomic E-state index is 12.7. The van der Waals surface area contributed by atoms with Gasteiger partial charge in [-0.2, -0.15) is 4.31 Å². The van der Waals surface area contributed by atoms with E-state index in [4.69, 9.17) is 5.73 Å². The summed E-state index contributed by atoms with van der Waals surface area (Å²) >= 11 is 0. The number of carbonyl (C=O) groups is 1. The number of anilines is 1. The zero-order chi connectivity index (χ0) is 18.7. The molecule has 3 rings (SSSR count). The Labute approximate surface area is 154 Å². The van der Waals surface area contributed by atoms with Gasteiger partial charge in [0, 0.05) is 30.4 Å². The normalized spacial score (nSPS) is 16.3. The molecule has 6 nitrogen and oxygen atoms in total.